The highest BCUT2D eigenvalue weighted by atomic mass is 16.2. The molecule has 2 amide bonds. The zero-order chi connectivity index (χ0) is 18.6. The van der Waals surface area contributed by atoms with Crippen molar-refractivity contribution in [2.24, 2.45) is 0 Å². The third kappa shape index (κ3) is 4.36. The third-order valence-electron chi connectivity index (χ3n) is 6.28. The van der Waals surface area contributed by atoms with E-state index in [0.717, 1.165) is 56.2 Å². The van der Waals surface area contributed by atoms with Crippen LogP contribution in [0.2, 0.25) is 0 Å². The van der Waals surface area contributed by atoms with Crippen molar-refractivity contribution in [3.05, 3.63) is 17.1 Å². The van der Waals surface area contributed by atoms with Crippen molar-refractivity contribution in [1.29, 1.82) is 0 Å². The van der Waals surface area contributed by atoms with Gasteiger partial charge in [0.05, 0.1) is 12.2 Å². The number of nitrogens with one attached hydrogen (secondary N) is 1. The van der Waals surface area contributed by atoms with Gasteiger partial charge in [-0.15, -0.1) is 0 Å². The molecule has 3 heterocycles. The van der Waals surface area contributed by atoms with Crippen LogP contribution in [0.4, 0.5) is 10.6 Å². The molecule has 1 saturated carbocycles. The average molecular weight is 372 g/mol. The Morgan fingerprint density at radius 3 is 2.41 bits per heavy atom. The fourth-order valence-electron chi connectivity index (χ4n) is 4.75. The Labute approximate surface area is 162 Å². The van der Waals surface area contributed by atoms with Crippen LogP contribution in [0, 0.1) is 6.92 Å². The van der Waals surface area contributed by atoms with E-state index in [1.165, 1.54) is 50.5 Å². The summed E-state index contributed by atoms with van der Waals surface area (Å²) in [6, 6.07) is 0.446. The molecule has 1 aromatic heterocycles. The first-order valence-electron chi connectivity index (χ1n) is 10.9. The summed E-state index contributed by atoms with van der Waals surface area (Å²) in [5.41, 5.74) is 2.32. The molecule has 1 aliphatic carbocycles. The van der Waals surface area contributed by atoms with E-state index in [4.69, 9.17) is 9.97 Å². The van der Waals surface area contributed by atoms with Gasteiger partial charge in [0, 0.05) is 37.7 Å². The number of carbonyl (C=O) groups is 1. The summed E-state index contributed by atoms with van der Waals surface area (Å²) in [6.45, 7) is 5.51. The van der Waals surface area contributed by atoms with Crippen molar-refractivity contribution >= 4 is 11.8 Å². The van der Waals surface area contributed by atoms with Crippen LogP contribution in [-0.4, -0.2) is 46.6 Å². The minimum Gasteiger partial charge on any atom is -0.356 e. The monoisotopic (exact) mass is 371 g/mol. The second kappa shape index (κ2) is 8.44. The summed E-state index contributed by atoms with van der Waals surface area (Å²) >= 11 is 0. The molecule has 6 nitrogen and oxygen atoms in total. The van der Waals surface area contributed by atoms with E-state index in [1.54, 1.807) is 0 Å². The van der Waals surface area contributed by atoms with E-state index in [0.29, 0.717) is 12.6 Å². The molecule has 4 rings (SSSR count). The molecule has 0 spiro atoms. The molecule has 2 aliphatic heterocycles. The molecule has 2 fully saturated rings. The smallest absolute Gasteiger partial charge is 0.317 e. The third-order valence-corrected chi connectivity index (χ3v) is 6.28. The standard InChI is InChI=1S/C21H33N5O/c1-16-22-19-11-14-26(21(27)24-17-9-5-4-6-10-17)15-18(19)20(23-16)25-12-7-2-3-8-13-25/h17H,2-15H2,1H3,(H,24,27). The number of urea groups is 1. The van der Waals surface area contributed by atoms with E-state index in [2.05, 4.69) is 10.2 Å². The number of rotatable bonds is 2. The van der Waals surface area contributed by atoms with Crippen LogP contribution in [0.25, 0.3) is 0 Å². The van der Waals surface area contributed by atoms with Crippen LogP contribution in [-0.2, 0) is 13.0 Å². The number of aryl methyl sites for hydroxylation is 1. The first-order valence-corrected chi connectivity index (χ1v) is 10.9. The van der Waals surface area contributed by atoms with Gasteiger partial charge in [0.1, 0.15) is 11.6 Å². The number of nitrogens with zero attached hydrogens (tertiary/aromatic N) is 4. The molecule has 0 aromatic carbocycles. The Morgan fingerprint density at radius 1 is 0.963 bits per heavy atom. The van der Waals surface area contributed by atoms with Crippen molar-refractivity contribution in [3.63, 3.8) is 0 Å². The van der Waals surface area contributed by atoms with Crippen molar-refractivity contribution in [2.45, 2.75) is 83.7 Å². The molecule has 0 bridgehead atoms. The van der Waals surface area contributed by atoms with Crippen molar-refractivity contribution in [2.75, 3.05) is 24.5 Å². The van der Waals surface area contributed by atoms with Crippen LogP contribution in [0.3, 0.4) is 0 Å². The van der Waals surface area contributed by atoms with E-state index in [1.807, 2.05) is 11.8 Å². The van der Waals surface area contributed by atoms with E-state index < -0.39 is 0 Å². The fourth-order valence-corrected chi connectivity index (χ4v) is 4.75. The van der Waals surface area contributed by atoms with Gasteiger partial charge in [-0.05, 0) is 32.6 Å². The molecule has 1 N–H and O–H groups in total. The van der Waals surface area contributed by atoms with E-state index >= 15 is 0 Å². The van der Waals surface area contributed by atoms with Crippen molar-refractivity contribution < 1.29 is 4.79 Å². The Balaban J connectivity index is 1.51. The lowest BCUT2D eigenvalue weighted by Crippen LogP contribution is -2.47. The molecule has 6 heteroatoms. The molecular formula is C21H33N5O. The predicted octanol–water partition coefficient (Wildman–Crippen LogP) is 3.57. The van der Waals surface area contributed by atoms with Crippen LogP contribution in [0.15, 0.2) is 0 Å². The maximum atomic E-state index is 12.8. The lowest BCUT2D eigenvalue weighted by atomic mass is 9.95. The molecule has 0 unspecified atom stereocenters. The van der Waals surface area contributed by atoms with E-state index in [9.17, 15) is 4.79 Å². The zero-order valence-corrected chi connectivity index (χ0v) is 16.7. The van der Waals surface area contributed by atoms with Crippen molar-refractivity contribution in [3.8, 4) is 0 Å². The van der Waals surface area contributed by atoms with Gasteiger partial charge in [-0.3, -0.25) is 0 Å². The molecule has 148 valence electrons. The van der Waals surface area contributed by atoms with Gasteiger partial charge in [-0.1, -0.05) is 32.1 Å². The minimum absolute atomic E-state index is 0.0925. The maximum absolute atomic E-state index is 12.8. The first kappa shape index (κ1) is 18.5. The number of anilines is 1. The Kier molecular flexibility index (Phi) is 5.79. The van der Waals surface area contributed by atoms with Gasteiger partial charge in [0.2, 0.25) is 0 Å². The predicted molar refractivity (Wildman–Crippen MR) is 107 cm³/mol. The minimum atomic E-state index is 0.0925. The topological polar surface area (TPSA) is 61.4 Å². The van der Waals surface area contributed by atoms with E-state index in [-0.39, 0.29) is 6.03 Å². The molecule has 27 heavy (non-hydrogen) atoms. The largest absolute Gasteiger partial charge is 0.356 e. The van der Waals surface area contributed by atoms with Gasteiger partial charge >= 0.3 is 6.03 Å². The van der Waals surface area contributed by atoms with Gasteiger partial charge in [0.15, 0.2) is 0 Å². The number of hydrogen-bond acceptors (Lipinski definition) is 4. The highest BCUT2D eigenvalue weighted by Crippen LogP contribution is 2.29. The quantitative estimate of drug-likeness (QED) is 0.863. The molecule has 3 aliphatic rings. The Hall–Kier alpha value is -1.85. The number of fused-ring (bicyclic) bond motifs is 1. The summed E-state index contributed by atoms with van der Waals surface area (Å²) in [5, 5.41) is 3.27. The summed E-state index contributed by atoms with van der Waals surface area (Å²) < 4.78 is 0. The second-order valence-electron chi connectivity index (χ2n) is 8.38. The lowest BCUT2D eigenvalue weighted by molar-refractivity contribution is 0.184. The van der Waals surface area contributed by atoms with Gasteiger partial charge < -0.3 is 15.1 Å². The SMILES string of the molecule is Cc1nc2c(c(N3CCCCCC3)n1)CN(C(=O)NC1CCCCC1)CC2. The molecule has 0 radical (unpaired) electrons. The normalized spacial score (nSPS) is 21.5. The van der Waals surface area contributed by atoms with Crippen LogP contribution in [0.1, 0.15) is 74.9 Å². The highest BCUT2D eigenvalue weighted by Gasteiger charge is 2.28. The molecule has 0 atom stereocenters. The van der Waals surface area contributed by atoms with Gasteiger partial charge in [-0.25, -0.2) is 14.8 Å². The van der Waals surface area contributed by atoms with Gasteiger partial charge in [0.25, 0.3) is 0 Å². The summed E-state index contributed by atoms with van der Waals surface area (Å²) in [7, 11) is 0. The first-order chi connectivity index (χ1) is 13.2. The number of hydrogen-bond donors (Lipinski definition) is 1. The van der Waals surface area contributed by atoms with Crippen LogP contribution in [0.5, 0.6) is 0 Å². The molecular weight excluding hydrogens is 338 g/mol. The molecule has 1 saturated heterocycles. The lowest BCUT2D eigenvalue weighted by Gasteiger charge is -2.34. The van der Waals surface area contributed by atoms with Crippen LogP contribution >= 0.6 is 0 Å². The van der Waals surface area contributed by atoms with Gasteiger partial charge in [-0.2, -0.15) is 0 Å². The van der Waals surface area contributed by atoms with Crippen LogP contribution < -0.4 is 10.2 Å². The second-order valence-corrected chi connectivity index (χ2v) is 8.38. The summed E-state index contributed by atoms with van der Waals surface area (Å²) in [5.74, 6) is 1.93. The summed E-state index contributed by atoms with van der Waals surface area (Å²) in [6.07, 6.45) is 11.9. The number of aromatic nitrogens is 2. The number of carbonyl (C=O) groups excluding carboxylic acids is 1. The highest BCUT2D eigenvalue weighted by molar-refractivity contribution is 5.75. The zero-order valence-electron chi connectivity index (χ0n) is 16.7. The maximum Gasteiger partial charge on any atom is 0.317 e. The fraction of sp³-hybridized carbons (Fsp3) is 0.762. The average Bonchev–Trinajstić information content (AvgIpc) is 2.97. The molecule has 1 aromatic rings. The summed E-state index contributed by atoms with van der Waals surface area (Å²) in [4.78, 5) is 26.8. The number of amides is 2. The Bertz CT molecular complexity index is 663. The Morgan fingerprint density at radius 2 is 1.67 bits per heavy atom. The van der Waals surface area contributed by atoms with Crippen molar-refractivity contribution in [1.82, 2.24) is 20.2 Å².